The molecule has 0 saturated carbocycles. The Kier molecular flexibility index (Phi) is 14.6. The van der Waals surface area contributed by atoms with E-state index >= 15 is 0 Å². The Balaban J connectivity index is 1.74. The summed E-state index contributed by atoms with van der Waals surface area (Å²) in [5.41, 5.74) is 0.391. The number of hydrogen-bond donors (Lipinski definition) is 2. The molecule has 1 heterocycles. The fourth-order valence-corrected chi connectivity index (χ4v) is 4.60. The van der Waals surface area contributed by atoms with Crippen LogP contribution in [0.15, 0.2) is 24.3 Å². The fraction of sp³-hybridized carbons (Fsp3) is 0.643. The summed E-state index contributed by atoms with van der Waals surface area (Å²) in [6, 6.07) is 5.96. The molecule has 2 amide bonds. The zero-order valence-electron chi connectivity index (χ0n) is 22.4. The molecule has 0 bridgehead atoms. The molecule has 0 spiro atoms. The quantitative estimate of drug-likeness (QED) is 0.180. The van der Waals surface area contributed by atoms with E-state index in [0.29, 0.717) is 37.6 Å². The van der Waals surface area contributed by atoms with E-state index in [0.717, 1.165) is 19.3 Å². The number of benzene rings is 1. The first-order valence-electron chi connectivity index (χ1n) is 13.7. The second-order valence-corrected chi connectivity index (χ2v) is 9.71. The summed E-state index contributed by atoms with van der Waals surface area (Å²) in [6.45, 7) is 5.70. The maximum atomic E-state index is 12.7. The number of rotatable bonds is 16. The lowest BCUT2D eigenvalue weighted by atomic mass is 10.1. The highest BCUT2D eigenvalue weighted by Gasteiger charge is 2.34. The summed E-state index contributed by atoms with van der Waals surface area (Å²) < 4.78 is 10.8. The minimum atomic E-state index is -0.823. The second-order valence-electron chi connectivity index (χ2n) is 9.33. The first kappa shape index (κ1) is 30.5. The summed E-state index contributed by atoms with van der Waals surface area (Å²) in [7, 11) is 0. The van der Waals surface area contributed by atoms with Crippen molar-refractivity contribution < 1.29 is 23.9 Å². The highest BCUT2D eigenvalue weighted by atomic mass is 32.1. The molecule has 9 heteroatoms. The maximum absolute atomic E-state index is 12.7. The van der Waals surface area contributed by atoms with E-state index in [9.17, 15) is 14.4 Å². The number of hydrogen-bond acceptors (Lipinski definition) is 6. The van der Waals surface area contributed by atoms with Gasteiger partial charge in [-0.2, -0.15) is 0 Å². The second kappa shape index (κ2) is 17.7. The summed E-state index contributed by atoms with van der Waals surface area (Å²) in [4.78, 5) is 39.3. The molecule has 1 unspecified atom stereocenters. The van der Waals surface area contributed by atoms with E-state index in [1.165, 1.54) is 44.9 Å². The van der Waals surface area contributed by atoms with Gasteiger partial charge in [-0.1, -0.05) is 70.8 Å². The van der Waals surface area contributed by atoms with Gasteiger partial charge >= 0.3 is 5.97 Å². The Labute approximate surface area is 226 Å². The SMILES string of the molecule is CCCCCCCCCCCCOC(=O)CC1C(=O)NCCN1C(=S)NC(=O)c1cccc(OCC)c1. The highest BCUT2D eigenvalue weighted by molar-refractivity contribution is 7.80. The molecule has 206 valence electrons. The molecular formula is C28H43N3O5S. The molecule has 1 aliphatic rings. The third kappa shape index (κ3) is 11.5. The number of amides is 2. The van der Waals surface area contributed by atoms with Crippen LogP contribution in [0.3, 0.4) is 0 Å². The predicted molar refractivity (Wildman–Crippen MR) is 149 cm³/mol. The van der Waals surface area contributed by atoms with Gasteiger partial charge in [0, 0.05) is 18.7 Å². The van der Waals surface area contributed by atoms with Crippen molar-refractivity contribution >= 4 is 35.1 Å². The summed E-state index contributed by atoms with van der Waals surface area (Å²) in [5, 5.41) is 5.55. The molecule has 8 nitrogen and oxygen atoms in total. The van der Waals surface area contributed by atoms with E-state index in [2.05, 4.69) is 17.6 Å². The smallest absolute Gasteiger partial charge is 0.308 e. The van der Waals surface area contributed by atoms with Crippen LogP contribution in [0, 0.1) is 0 Å². The van der Waals surface area contributed by atoms with Gasteiger partial charge in [0.05, 0.1) is 19.6 Å². The van der Waals surface area contributed by atoms with Crippen molar-refractivity contribution in [3.8, 4) is 5.75 Å². The summed E-state index contributed by atoms with van der Waals surface area (Å²) >= 11 is 5.43. The van der Waals surface area contributed by atoms with Gasteiger partial charge in [-0.15, -0.1) is 0 Å². The Bertz CT molecular complexity index is 879. The molecule has 1 atom stereocenters. The Morgan fingerprint density at radius 3 is 2.41 bits per heavy atom. The largest absolute Gasteiger partial charge is 0.494 e. The standard InChI is InChI=1S/C28H43N3O5S/c1-3-5-6-7-8-9-10-11-12-13-19-36-25(32)21-24-27(34)29-17-18-31(24)28(37)30-26(33)22-15-14-16-23(20-22)35-4-2/h14-16,20,24H,3-13,17-19,21H2,1-2H3,(H,29,34)(H,30,33,37). The molecule has 0 aromatic heterocycles. The lowest BCUT2D eigenvalue weighted by Gasteiger charge is -2.36. The van der Waals surface area contributed by atoms with Crippen molar-refractivity contribution in [1.29, 1.82) is 0 Å². The minimum Gasteiger partial charge on any atom is -0.494 e. The van der Waals surface area contributed by atoms with Gasteiger partial charge in [0.2, 0.25) is 5.91 Å². The summed E-state index contributed by atoms with van der Waals surface area (Å²) in [5.74, 6) is -0.570. The van der Waals surface area contributed by atoms with Crippen molar-refractivity contribution in [2.75, 3.05) is 26.3 Å². The van der Waals surface area contributed by atoms with Crippen molar-refractivity contribution in [2.24, 2.45) is 0 Å². The third-order valence-corrected chi connectivity index (χ3v) is 6.68. The van der Waals surface area contributed by atoms with Gasteiger partial charge in [-0.05, 0) is 43.8 Å². The zero-order chi connectivity index (χ0) is 26.9. The minimum absolute atomic E-state index is 0.106. The molecule has 0 radical (unpaired) electrons. The molecule has 2 rings (SSSR count). The number of nitrogens with one attached hydrogen (secondary N) is 2. The van der Waals surface area contributed by atoms with Crippen LogP contribution in [0.25, 0.3) is 0 Å². The molecule has 1 saturated heterocycles. The maximum Gasteiger partial charge on any atom is 0.308 e. The third-order valence-electron chi connectivity index (χ3n) is 6.34. The number of thiocarbonyl (C=S) groups is 1. The molecule has 2 N–H and O–H groups in total. The number of piperazine rings is 1. The number of esters is 1. The van der Waals surface area contributed by atoms with E-state index in [1.807, 2.05) is 6.92 Å². The molecular weight excluding hydrogens is 490 g/mol. The van der Waals surface area contributed by atoms with Crippen molar-refractivity contribution in [1.82, 2.24) is 15.5 Å². The van der Waals surface area contributed by atoms with Crippen LogP contribution in [0.4, 0.5) is 0 Å². The van der Waals surface area contributed by atoms with Gasteiger partial charge < -0.3 is 19.7 Å². The molecule has 1 aliphatic heterocycles. The van der Waals surface area contributed by atoms with Crippen molar-refractivity contribution in [3.63, 3.8) is 0 Å². The van der Waals surface area contributed by atoms with Crippen LogP contribution in [-0.2, 0) is 14.3 Å². The molecule has 1 fully saturated rings. The highest BCUT2D eigenvalue weighted by Crippen LogP contribution is 2.15. The number of ether oxygens (including phenoxy) is 2. The van der Waals surface area contributed by atoms with Gasteiger partial charge in [-0.25, -0.2) is 0 Å². The normalized spacial score (nSPS) is 15.1. The van der Waals surface area contributed by atoms with Crippen molar-refractivity contribution in [3.05, 3.63) is 29.8 Å². The van der Waals surface area contributed by atoms with E-state index in [4.69, 9.17) is 21.7 Å². The lowest BCUT2D eigenvalue weighted by molar-refractivity contribution is -0.147. The van der Waals surface area contributed by atoms with Gasteiger partial charge in [-0.3, -0.25) is 19.7 Å². The number of carbonyl (C=O) groups is 3. The number of unbranched alkanes of at least 4 members (excludes halogenated alkanes) is 9. The predicted octanol–water partition coefficient (Wildman–Crippen LogP) is 4.75. The van der Waals surface area contributed by atoms with Crippen LogP contribution in [0.1, 0.15) is 94.8 Å². The molecule has 1 aromatic rings. The van der Waals surface area contributed by atoms with Crippen LogP contribution in [0.2, 0.25) is 0 Å². The Morgan fingerprint density at radius 1 is 1.05 bits per heavy atom. The first-order chi connectivity index (χ1) is 18.0. The van der Waals surface area contributed by atoms with Crippen LogP contribution in [0.5, 0.6) is 5.75 Å². The monoisotopic (exact) mass is 533 g/mol. The molecule has 1 aromatic carbocycles. The molecule has 37 heavy (non-hydrogen) atoms. The van der Waals surface area contributed by atoms with Gasteiger partial charge in [0.15, 0.2) is 5.11 Å². The number of nitrogens with zero attached hydrogens (tertiary/aromatic N) is 1. The van der Waals surface area contributed by atoms with Crippen LogP contribution < -0.4 is 15.4 Å². The summed E-state index contributed by atoms with van der Waals surface area (Å²) in [6.07, 6.45) is 11.9. The average Bonchev–Trinajstić information content (AvgIpc) is 2.88. The number of carbonyl (C=O) groups excluding carboxylic acids is 3. The molecule has 0 aliphatic carbocycles. The Morgan fingerprint density at radius 2 is 1.73 bits per heavy atom. The topological polar surface area (TPSA) is 97.0 Å². The zero-order valence-corrected chi connectivity index (χ0v) is 23.2. The van der Waals surface area contributed by atoms with E-state index in [-0.39, 0.29) is 17.4 Å². The first-order valence-corrected chi connectivity index (χ1v) is 14.1. The van der Waals surface area contributed by atoms with Gasteiger partial charge in [0.1, 0.15) is 11.8 Å². The van der Waals surface area contributed by atoms with Crippen LogP contribution >= 0.6 is 12.2 Å². The average molecular weight is 534 g/mol. The van der Waals surface area contributed by atoms with Crippen LogP contribution in [-0.4, -0.2) is 60.1 Å². The Hall–Kier alpha value is -2.68. The fourth-order valence-electron chi connectivity index (χ4n) is 4.29. The van der Waals surface area contributed by atoms with Gasteiger partial charge in [0.25, 0.3) is 5.91 Å². The van der Waals surface area contributed by atoms with E-state index in [1.54, 1.807) is 29.2 Å². The van der Waals surface area contributed by atoms with Crippen molar-refractivity contribution in [2.45, 2.75) is 90.5 Å². The van der Waals surface area contributed by atoms with E-state index < -0.39 is 17.9 Å². The lowest BCUT2D eigenvalue weighted by Crippen LogP contribution is -2.60.